The molecular weight excluding hydrogens is 289 g/mol. The fourth-order valence-electron chi connectivity index (χ4n) is 2.91. The third-order valence-electron chi connectivity index (χ3n) is 3.74. The van der Waals surface area contributed by atoms with Gasteiger partial charge in [-0.2, -0.15) is 0 Å². The number of nitrogens with zero attached hydrogens (tertiary/aromatic N) is 1. The van der Waals surface area contributed by atoms with Crippen LogP contribution in [0.15, 0.2) is 22.8 Å². The molecule has 0 spiro atoms. The molecule has 0 bridgehead atoms. The Labute approximate surface area is 127 Å². The average molecular weight is 310 g/mol. The molecule has 1 atom stereocenters. The smallest absolute Gasteiger partial charge is 1.00 e. The van der Waals surface area contributed by atoms with Gasteiger partial charge >= 0.3 is 103 Å². The molecule has 1 nitrogen and oxygen atoms in total. The van der Waals surface area contributed by atoms with Crippen molar-refractivity contribution in [3.05, 3.63) is 22.8 Å². The van der Waals surface area contributed by atoms with Gasteiger partial charge in [0.25, 0.3) is 0 Å². The summed E-state index contributed by atoms with van der Waals surface area (Å²) in [5.41, 5.74) is 5.11. The SMILES string of the molecule is CC1=CC2=C(CCCC2)[C]1(C)[Ti+2][N](C)C.[Cl-].[Cl-]. The van der Waals surface area contributed by atoms with Crippen molar-refractivity contribution in [3.63, 3.8) is 0 Å². The van der Waals surface area contributed by atoms with Crippen molar-refractivity contribution in [2.24, 2.45) is 0 Å². The van der Waals surface area contributed by atoms with Gasteiger partial charge in [0.05, 0.1) is 0 Å². The summed E-state index contributed by atoms with van der Waals surface area (Å²) in [7, 11) is 4.47. The minimum absolute atomic E-state index is 0. The average Bonchev–Trinajstić information content (AvgIpc) is 2.39. The Hall–Kier alpha value is 0.734. The maximum atomic E-state index is 2.49. The first-order valence-electron chi connectivity index (χ1n) is 5.90. The van der Waals surface area contributed by atoms with Crippen LogP contribution in [0.1, 0.15) is 39.5 Å². The molecule has 0 N–H and O–H groups in total. The van der Waals surface area contributed by atoms with Crippen LogP contribution in [0, 0.1) is 0 Å². The van der Waals surface area contributed by atoms with Crippen LogP contribution in [0.25, 0.3) is 0 Å². The van der Waals surface area contributed by atoms with E-state index in [1.165, 1.54) is 25.7 Å². The van der Waals surface area contributed by atoms with E-state index in [0.717, 1.165) is 0 Å². The molecular formula is C13H21Cl2NTi. The predicted octanol–water partition coefficient (Wildman–Crippen LogP) is -2.44. The topological polar surface area (TPSA) is 3.24 Å². The van der Waals surface area contributed by atoms with Crippen LogP contribution >= 0.6 is 0 Å². The van der Waals surface area contributed by atoms with E-state index in [-0.39, 0.29) is 44.2 Å². The third-order valence-corrected chi connectivity index (χ3v) is 6.22. The number of allylic oxidation sites excluding steroid dienone is 4. The standard InChI is InChI=1S/C11H15.C2H6N.2ClH.Ti/c1-8-7-10-5-3-4-6-11(10)9(8)2;1-3-2;;;/h7H,3-6H2,1-2H3;1-2H3;2*1H;/q;-1;;;+3/p-2. The van der Waals surface area contributed by atoms with Crippen LogP contribution in [-0.2, 0) is 19.4 Å². The van der Waals surface area contributed by atoms with Crippen LogP contribution in [0.2, 0.25) is 3.72 Å². The molecule has 0 radical (unpaired) electrons. The van der Waals surface area contributed by atoms with Gasteiger partial charge < -0.3 is 24.8 Å². The first kappa shape index (κ1) is 17.7. The van der Waals surface area contributed by atoms with Gasteiger partial charge in [-0.25, -0.2) is 0 Å². The van der Waals surface area contributed by atoms with Gasteiger partial charge in [-0.05, 0) is 0 Å². The van der Waals surface area contributed by atoms with Gasteiger partial charge in [0, 0.05) is 0 Å². The molecule has 0 saturated heterocycles. The van der Waals surface area contributed by atoms with E-state index in [1.807, 2.05) is 0 Å². The van der Waals surface area contributed by atoms with Crippen molar-refractivity contribution < 1.29 is 44.2 Å². The number of hydrogen-bond donors (Lipinski definition) is 0. The molecule has 0 heterocycles. The van der Waals surface area contributed by atoms with Gasteiger partial charge in [-0.3, -0.25) is 0 Å². The molecule has 0 aromatic heterocycles. The van der Waals surface area contributed by atoms with Crippen molar-refractivity contribution in [1.29, 1.82) is 0 Å². The molecule has 0 saturated carbocycles. The molecule has 0 aromatic carbocycles. The van der Waals surface area contributed by atoms with Crippen LogP contribution in [0.3, 0.4) is 0 Å². The van der Waals surface area contributed by atoms with E-state index in [4.69, 9.17) is 0 Å². The quantitative estimate of drug-likeness (QED) is 0.513. The predicted molar refractivity (Wildman–Crippen MR) is 61.3 cm³/mol. The van der Waals surface area contributed by atoms with Crippen molar-refractivity contribution in [1.82, 2.24) is 3.38 Å². The Balaban J connectivity index is 0.00000128. The van der Waals surface area contributed by atoms with E-state index in [0.29, 0.717) is 3.72 Å². The zero-order chi connectivity index (χ0) is 11.1. The van der Waals surface area contributed by atoms with Crippen LogP contribution in [-0.4, -0.2) is 17.5 Å². The van der Waals surface area contributed by atoms with E-state index in [1.54, 1.807) is 16.7 Å². The van der Waals surface area contributed by atoms with Gasteiger partial charge in [-0.15, -0.1) is 0 Å². The summed E-state index contributed by atoms with van der Waals surface area (Å²) in [4.78, 5) is 0. The van der Waals surface area contributed by atoms with Gasteiger partial charge in [-0.1, -0.05) is 0 Å². The molecule has 2 aliphatic carbocycles. The molecule has 96 valence electrons. The molecule has 4 heteroatoms. The molecule has 0 fully saturated rings. The van der Waals surface area contributed by atoms with Crippen molar-refractivity contribution in [3.8, 4) is 0 Å². The van der Waals surface area contributed by atoms with Crippen molar-refractivity contribution in [2.75, 3.05) is 14.1 Å². The first-order chi connectivity index (χ1) is 7.04. The maximum Gasteiger partial charge on any atom is -1.00 e. The normalized spacial score (nSPS) is 26.8. The summed E-state index contributed by atoms with van der Waals surface area (Å²) in [5.74, 6) is 0. The van der Waals surface area contributed by atoms with Gasteiger partial charge in [0.2, 0.25) is 0 Å². The van der Waals surface area contributed by atoms with Crippen LogP contribution in [0.5, 0.6) is 0 Å². The second-order valence-electron chi connectivity index (χ2n) is 5.17. The molecule has 2 rings (SSSR count). The molecule has 0 aliphatic heterocycles. The Morgan fingerprint density at radius 2 is 1.76 bits per heavy atom. The number of halogens is 2. The van der Waals surface area contributed by atoms with E-state index in [2.05, 4.69) is 37.4 Å². The molecule has 1 unspecified atom stereocenters. The summed E-state index contributed by atoms with van der Waals surface area (Å²) >= 11 is -0.0458. The maximum absolute atomic E-state index is 2.49. The first-order valence-corrected chi connectivity index (χ1v) is 7.38. The molecule has 17 heavy (non-hydrogen) atoms. The second kappa shape index (κ2) is 6.77. The summed E-state index contributed by atoms with van der Waals surface area (Å²) in [6.07, 6.45) is 8.00. The van der Waals surface area contributed by atoms with E-state index < -0.39 is 0 Å². The summed E-state index contributed by atoms with van der Waals surface area (Å²) in [6, 6.07) is 0. The minimum Gasteiger partial charge on any atom is -1.00 e. The minimum atomic E-state index is -0.0458. The zero-order valence-corrected chi connectivity index (χ0v) is 14.2. The zero-order valence-electron chi connectivity index (χ0n) is 11.1. The fraction of sp³-hybridized carbons (Fsp3) is 0.692. The Morgan fingerprint density at radius 3 is 2.35 bits per heavy atom. The summed E-state index contributed by atoms with van der Waals surface area (Å²) in [5, 5.41) is 0. The Kier molecular flexibility index (Phi) is 7.06. The number of rotatable bonds is 2. The number of hydrogen-bond acceptors (Lipinski definition) is 1. The van der Waals surface area contributed by atoms with Gasteiger partial charge in [0.15, 0.2) is 0 Å². The molecule has 0 aromatic rings. The third kappa shape index (κ3) is 3.39. The van der Waals surface area contributed by atoms with Gasteiger partial charge in [0.1, 0.15) is 0 Å². The molecule has 0 amide bonds. The summed E-state index contributed by atoms with van der Waals surface area (Å²) in [6.45, 7) is 4.82. The van der Waals surface area contributed by atoms with Crippen molar-refractivity contribution in [2.45, 2.75) is 43.3 Å². The Bertz CT molecular complexity index is 336. The van der Waals surface area contributed by atoms with E-state index in [9.17, 15) is 0 Å². The monoisotopic (exact) mass is 309 g/mol. The van der Waals surface area contributed by atoms with Crippen LogP contribution < -0.4 is 24.8 Å². The largest absolute Gasteiger partial charge is 1.00 e. The summed E-state index contributed by atoms with van der Waals surface area (Å²) < 4.78 is 2.90. The van der Waals surface area contributed by atoms with Crippen LogP contribution in [0.4, 0.5) is 0 Å². The second-order valence-corrected chi connectivity index (χ2v) is 8.48. The van der Waals surface area contributed by atoms with E-state index >= 15 is 0 Å². The Morgan fingerprint density at radius 1 is 1.18 bits per heavy atom. The molecule has 2 aliphatic rings. The van der Waals surface area contributed by atoms with Crippen molar-refractivity contribution >= 4 is 0 Å². The fourth-order valence-corrected chi connectivity index (χ4v) is 5.35.